The lowest BCUT2D eigenvalue weighted by atomic mass is 10.0. The summed E-state index contributed by atoms with van der Waals surface area (Å²) in [6, 6.07) is 10.4. The highest BCUT2D eigenvalue weighted by Gasteiger charge is 2.10. The molecule has 1 aromatic rings. The van der Waals surface area contributed by atoms with E-state index in [0.717, 1.165) is 10.9 Å². The normalized spacial score (nSPS) is 12.1. The van der Waals surface area contributed by atoms with Crippen LogP contribution in [0.25, 0.3) is 0 Å². The molecule has 0 aromatic heterocycles. The zero-order chi connectivity index (χ0) is 10.4. The van der Waals surface area contributed by atoms with Crippen LogP contribution in [-0.2, 0) is 0 Å². The number of hydrogen-bond acceptors (Lipinski definition) is 2. The van der Waals surface area contributed by atoms with E-state index in [1.807, 2.05) is 18.2 Å². The van der Waals surface area contributed by atoms with Crippen molar-refractivity contribution in [1.29, 1.82) is 5.26 Å². The first-order valence-electron chi connectivity index (χ1n) is 4.64. The van der Waals surface area contributed by atoms with Crippen LogP contribution in [0.15, 0.2) is 28.7 Å². The minimum Gasteiger partial charge on any atom is -0.298 e. The minimum absolute atomic E-state index is 0.255. The Labute approximate surface area is 93.1 Å². The highest BCUT2D eigenvalue weighted by atomic mass is 79.9. The summed E-state index contributed by atoms with van der Waals surface area (Å²) in [5, 5.41) is 11.7. The van der Waals surface area contributed by atoms with E-state index in [9.17, 15) is 0 Å². The van der Waals surface area contributed by atoms with Gasteiger partial charge in [0.15, 0.2) is 0 Å². The van der Waals surface area contributed by atoms with E-state index in [4.69, 9.17) is 5.26 Å². The number of benzene rings is 1. The Balaban J connectivity index is 2.79. The van der Waals surface area contributed by atoms with E-state index in [2.05, 4.69) is 40.3 Å². The molecule has 1 atom stereocenters. The summed E-state index contributed by atoms with van der Waals surface area (Å²) in [6.45, 7) is 2.49. The maximum atomic E-state index is 8.50. The van der Waals surface area contributed by atoms with Gasteiger partial charge < -0.3 is 0 Å². The average molecular weight is 253 g/mol. The monoisotopic (exact) mass is 252 g/mol. The highest BCUT2D eigenvalue weighted by molar-refractivity contribution is 9.10. The first kappa shape index (κ1) is 11.2. The minimum atomic E-state index is 0.255. The van der Waals surface area contributed by atoms with E-state index in [-0.39, 0.29) is 6.04 Å². The van der Waals surface area contributed by atoms with Gasteiger partial charge in [0.05, 0.1) is 12.6 Å². The fourth-order valence-electron chi connectivity index (χ4n) is 1.40. The van der Waals surface area contributed by atoms with Crippen molar-refractivity contribution in [2.75, 3.05) is 6.54 Å². The molecule has 0 saturated carbocycles. The van der Waals surface area contributed by atoms with Crippen LogP contribution in [0.2, 0.25) is 0 Å². The molecule has 0 fully saturated rings. The van der Waals surface area contributed by atoms with Crippen LogP contribution in [0.4, 0.5) is 0 Å². The van der Waals surface area contributed by atoms with Gasteiger partial charge in [0.25, 0.3) is 0 Å². The molecule has 74 valence electrons. The topological polar surface area (TPSA) is 35.8 Å². The van der Waals surface area contributed by atoms with Gasteiger partial charge in [0.2, 0.25) is 0 Å². The van der Waals surface area contributed by atoms with Crippen molar-refractivity contribution in [3.05, 3.63) is 34.3 Å². The van der Waals surface area contributed by atoms with Gasteiger partial charge in [-0.25, -0.2) is 0 Å². The number of halogens is 1. The molecule has 0 saturated heterocycles. The van der Waals surface area contributed by atoms with Crippen molar-refractivity contribution in [2.45, 2.75) is 19.4 Å². The molecule has 3 heteroatoms. The standard InChI is InChI=1S/C11H13BrN2/c1-2-11(14-8-7-13)9-5-3-4-6-10(9)12/h3-6,11,14H,2,8H2,1H3. The first-order valence-corrected chi connectivity index (χ1v) is 5.43. The Morgan fingerprint density at radius 3 is 2.79 bits per heavy atom. The number of hydrogen-bond donors (Lipinski definition) is 1. The smallest absolute Gasteiger partial charge is 0.0845 e. The summed E-state index contributed by atoms with van der Waals surface area (Å²) in [4.78, 5) is 0. The second kappa shape index (κ2) is 5.79. The van der Waals surface area contributed by atoms with E-state index < -0.39 is 0 Å². The third-order valence-corrected chi connectivity index (χ3v) is 2.84. The van der Waals surface area contributed by atoms with E-state index in [1.165, 1.54) is 5.56 Å². The molecular weight excluding hydrogens is 240 g/mol. The lowest BCUT2D eigenvalue weighted by Gasteiger charge is -2.16. The summed E-state index contributed by atoms with van der Waals surface area (Å²) in [5.74, 6) is 0. The van der Waals surface area contributed by atoms with E-state index in [1.54, 1.807) is 0 Å². The Hall–Kier alpha value is -0.850. The summed E-state index contributed by atoms with van der Waals surface area (Å²) in [5.41, 5.74) is 1.21. The molecule has 2 nitrogen and oxygen atoms in total. The fraction of sp³-hybridized carbons (Fsp3) is 0.364. The second-order valence-corrected chi connectivity index (χ2v) is 3.88. The highest BCUT2D eigenvalue weighted by Crippen LogP contribution is 2.24. The van der Waals surface area contributed by atoms with Gasteiger partial charge in [-0.15, -0.1) is 0 Å². The van der Waals surface area contributed by atoms with Crippen LogP contribution in [0, 0.1) is 11.3 Å². The third kappa shape index (κ3) is 2.83. The largest absolute Gasteiger partial charge is 0.298 e. The van der Waals surface area contributed by atoms with Gasteiger partial charge in [-0.1, -0.05) is 41.1 Å². The molecule has 1 rings (SSSR count). The molecular formula is C11H13BrN2. The summed E-state index contributed by atoms with van der Waals surface area (Å²) in [7, 11) is 0. The van der Waals surface area contributed by atoms with Gasteiger partial charge in [0.1, 0.15) is 0 Å². The average Bonchev–Trinajstić information content (AvgIpc) is 2.21. The lowest BCUT2D eigenvalue weighted by molar-refractivity contribution is 0.552. The summed E-state index contributed by atoms with van der Waals surface area (Å²) >= 11 is 3.51. The van der Waals surface area contributed by atoms with Crippen molar-refractivity contribution in [3.8, 4) is 6.07 Å². The molecule has 1 N–H and O–H groups in total. The first-order chi connectivity index (χ1) is 6.79. The molecule has 14 heavy (non-hydrogen) atoms. The molecule has 0 spiro atoms. The molecule has 0 aliphatic heterocycles. The third-order valence-electron chi connectivity index (χ3n) is 2.12. The van der Waals surface area contributed by atoms with Crippen molar-refractivity contribution in [2.24, 2.45) is 0 Å². The number of nitriles is 1. The summed E-state index contributed by atoms with van der Waals surface area (Å²) in [6.07, 6.45) is 0.976. The van der Waals surface area contributed by atoms with Gasteiger partial charge in [0, 0.05) is 10.5 Å². The molecule has 1 aromatic carbocycles. The quantitative estimate of drug-likeness (QED) is 0.837. The maximum absolute atomic E-state index is 8.50. The van der Waals surface area contributed by atoms with Crippen molar-refractivity contribution in [1.82, 2.24) is 5.32 Å². The number of nitrogens with zero attached hydrogens (tertiary/aromatic N) is 1. The van der Waals surface area contributed by atoms with Gasteiger partial charge in [-0.3, -0.25) is 5.32 Å². The van der Waals surface area contributed by atoms with Gasteiger partial charge in [-0.05, 0) is 18.1 Å². The van der Waals surface area contributed by atoms with Crippen LogP contribution in [0.5, 0.6) is 0 Å². The molecule has 0 bridgehead atoms. The van der Waals surface area contributed by atoms with Crippen LogP contribution in [-0.4, -0.2) is 6.54 Å². The number of rotatable bonds is 4. The van der Waals surface area contributed by atoms with Crippen molar-refractivity contribution < 1.29 is 0 Å². The molecule has 1 unspecified atom stereocenters. The van der Waals surface area contributed by atoms with E-state index in [0.29, 0.717) is 6.54 Å². The van der Waals surface area contributed by atoms with E-state index >= 15 is 0 Å². The maximum Gasteiger partial charge on any atom is 0.0845 e. The van der Waals surface area contributed by atoms with Gasteiger partial charge >= 0.3 is 0 Å². The molecule has 0 radical (unpaired) electrons. The Kier molecular flexibility index (Phi) is 4.64. The van der Waals surface area contributed by atoms with Crippen LogP contribution < -0.4 is 5.32 Å². The lowest BCUT2D eigenvalue weighted by Crippen LogP contribution is -2.21. The molecule has 0 aliphatic rings. The van der Waals surface area contributed by atoms with Crippen LogP contribution in [0.3, 0.4) is 0 Å². The zero-order valence-corrected chi connectivity index (χ0v) is 9.71. The molecule has 0 amide bonds. The predicted molar refractivity (Wildman–Crippen MR) is 60.8 cm³/mol. The number of nitrogens with one attached hydrogen (secondary N) is 1. The van der Waals surface area contributed by atoms with Gasteiger partial charge in [-0.2, -0.15) is 5.26 Å². The predicted octanol–water partition coefficient (Wildman–Crippen LogP) is 3.01. The van der Waals surface area contributed by atoms with Crippen molar-refractivity contribution in [3.63, 3.8) is 0 Å². The zero-order valence-electron chi connectivity index (χ0n) is 8.13. The molecule has 0 aliphatic carbocycles. The van der Waals surface area contributed by atoms with Crippen molar-refractivity contribution >= 4 is 15.9 Å². The Morgan fingerprint density at radius 2 is 2.21 bits per heavy atom. The second-order valence-electron chi connectivity index (χ2n) is 3.02. The van der Waals surface area contributed by atoms with Crippen LogP contribution >= 0.6 is 15.9 Å². The Bertz CT molecular complexity index is 330. The Morgan fingerprint density at radius 1 is 1.50 bits per heavy atom. The summed E-state index contributed by atoms with van der Waals surface area (Å²) < 4.78 is 1.09. The van der Waals surface area contributed by atoms with Crippen LogP contribution in [0.1, 0.15) is 24.9 Å². The fourth-order valence-corrected chi connectivity index (χ4v) is 1.96. The molecule has 0 heterocycles. The SMILES string of the molecule is CCC(NCC#N)c1ccccc1Br.